The average Bonchev–Trinajstić information content (AvgIpc) is 2.91. The predicted molar refractivity (Wildman–Crippen MR) is 170 cm³/mol. The normalized spacial score (nSPS) is 11.5. The zero-order chi connectivity index (χ0) is 26.7. The third kappa shape index (κ3) is 36.0. The predicted octanol–water partition coefficient (Wildman–Crippen LogP) is 13.5. The van der Waals surface area contributed by atoms with Gasteiger partial charge in [-0.25, -0.2) is 0 Å². The topological polar surface area (TPSA) is 9.23 Å². The molecule has 0 aromatic heterocycles. The average molecular weight is 523 g/mol. The lowest BCUT2D eigenvalue weighted by atomic mass is 10.0. The largest absolute Gasteiger partial charge is 0.381 e. The van der Waals surface area contributed by atoms with Gasteiger partial charge in [0.1, 0.15) is 0 Å². The molecule has 0 fully saturated rings. The monoisotopic (exact) mass is 523 g/mol. The van der Waals surface area contributed by atoms with Crippen molar-refractivity contribution in [1.82, 2.24) is 0 Å². The smallest absolute Gasteiger partial charge is 0.0466 e. The van der Waals surface area contributed by atoms with Crippen LogP contribution in [0.5, 0.6) is 0 Å². The van der Waals surface area contributed by atoms with E-state index in [0.717, 1.165) is 13.2 Å². The van der Waals surface area contributed by atoms with Gasteiger partial charge in [0, 0.05) is 13.2 Å². The van der Waals surface area contributed by atoms with E-state index in [1.165, 1.54) is 205 Å². The number of ether oxygens (including phenoxy) is 1. The molecule has 0 aliphatic rings. The van der Waals surface area contributed by atoms with Crippen molar-refractivity contribution in [2.24, 2.45) is 0 Å². The Morgan fingerprint density at radius 1 is 0.216 bits per heavy atom. The maximum atomic E-state index is 5.64. The Bertz CT molecular complexity index is 332. The molecular weight excluding hydrogens is 448 g/mol. The van der Waals surface area contributed by atoms with E-state index in [1.807, 2.05) is 0 Å². The summed E-state index contributed by atoms with van der Waals surface area (Å²) in [6, 6.07) is 0. The summed E-state index contributed by atoms with van der Waals surface area (Å²) in [5, 5.41) is 0. The van der Waals surface area contributed by atoms with Crippen LogP contribution >= 0.6 is 0 Å². The van der Waals surface area contributed by atoms with Gasteiger partial charge in [0.25, 0.3) is 0 Å². The van der Waals surface area contributed by atoms with Crippen LogP contribution in [0.2, 0.25) is 0 Å². The maximum absolute atomic E-state index is 5.64. The molecule has 0 N–H and O–H groups in total. The SMILES string of the molecule is CCCCCCCCCCCCCCCCCCCCCCCCCCCCCCCCOCCCC. The van der Waals surface area contributed by atoms with Crippen LogP contribution in [0.25, 0.3) is 0 Å². The molecule has 37 heavy (non-hydrogen) atoms. The number of hydrogen-bond donors (Lipinski definition) is 0. The highest BCUT2D eigenvalue weighted by atomic mass is 16.5. The third-order valence-electron chi connectivity index (χ3n) is 8.28. The van der Waals surface area contributed by atoms with E-state index in [2.05, 4.69) is 13.8 Å². The summed E-state index contributed by atoms with van der Waals surface area (Å²) >= 11 is 0. The third-order valence-corrected chi connectivity index (χ3v) is 8.28. The molecule has 0 aromatic rings. The summed E-state index contributed by atoms with van der Waals surface area (Å²) in [5.41, 5.74) is 0. The summed E-state index contributed by atoms with van der Waals surface area (Å²) in [7, 11) is 0. The Morgan fingerprint density at radius 2 is 0.405 bits per heavy atom. The minimum absolute atomic E-state index is 0.968. The van der Waals surface area contributed by atoms with Gasteiger partial charge in [-0.05, 0) is 12.8 Å². The Kier molecular flexibility index (Phi) is 35.9. The van der Waals surface area contributed by atoms with Gasteiger partial charge >= 0.3 is 0 Å². The summed E-state index contributed by atoms with van der Waals surface area (Å²) in [4.78, 5) is 0. The van der Waals surface area contributed by atoms with E-state index < -0.39 is 0 Å². The molecule has 0 amide bonds. The van der Waals surface area contributed by atoms with Gasteiger partial charge in [-0.3, -0.25) is 0 Å². The van der Waals surface area contributed by atoms with Gasteiger partial charge in [-0.2, -0.15) is 0 Å². The number of unbranched alkanes of at least 4 members (excludes halogenated alkanes) is 30. The molecule has 0 rings (SSSR count). The molecule has 1 nitrogen and oxygen atoms in total. The van der Waals surface area contributed by atoms with Crippen LogP contribution in [0.15, 0.2) is 0 Å². The molecule has 0 aromatic carbocycles. The molecule has 0 aliphatic heterocycles. The molecule has 0 saturated heterocycles. The Hall–Kier alpha value is -0.0400. The highest BCUT2D eigenvalue weighted by Gasteiger charge is 1.97. The zero-order valence-corrected chi connectivity index (χ0v) is 26.4. The fourth-order valence-electron chi connectivity index (χ4n) is 5.58. The fourth-order valence-corrected chi connectivity index (χ4v) is 5.58. The molecule has 0 atom stereocenters. The van der Waals surface area contributed by atoms with E-state index in [4.69, 9.17) is 4.74 Å². The molecule has 0 aliphatic carbocycles. The van der Waals surface area contributed by atoms with Crippen LogP contribution in [0.1, 0.15) is 219 Å². The van der Waals surface area contributed by atoms with E-state index in [1.54, 1.807) is 0 Å². The quantitative estimate of drug-likeness (QED) is 0.0763. The van der Waals surface area contributed by atoms with Crippen molar-refractivity contribution in [3.05, 3.63) is 0 Å². The van der Waals surface area contributed by atoms with Crippen molar-refractivity contribution in [1.29, 1.82) is 0 Å². The van der Waals surface area contributed by atoms with Gasteiger partial charge in [-0.1, -0.05) is 206 Å². The number of rotatable bonds is 34. The molecule has 0 unspecified atom stereocenters. The van der Waals surface area contributed by atoms with Crippen molar-refractivity contribution in [3.8, 4) is 0 Å². The fraction of sp³-hybridized carbons (Fsp3) is 1.00. The lowest BCUT2D eigenvalue weighted by Crippen LogP contribution is -1.96. The second-order valence-corrected chi connectivity index (χ2v) is 12.2. The van der Waals surface area contributed by atoms with Gasteiger partial charge in [0.2, 0.25) is 0 Å². The minimum atomic E-state index is 0.968. The van der Waals surface area contributed by atoms with Crippen LogP contribution in [0.4, 0.5) is 0 Å². The van der Waals surface area contributed by atoms with Gasteiger partial charge in [0.05, 0.1) is 0 Å². The molecule has 0 spiro atoms. The van der Waals surface area contributed by atoms with E-state index in [9.17, 15) is 0 Å². The van der Waals surface area contributed by atoms with Gasteiger partial charge in [-0.15, -0.1) is 0 Å². The molecule has 224 valence electrons. The molecular formula is C36H74O. The zero-order valence-electron chi connectivity index (χ0n) is 26.4. The summed E-state index contributed by atoms with van der Waals surface area (Å²) in [5.74, 6) is 0. The van der Waals surface area contributed by atoms with Crippen LogP contribution in [0.3, 0.4) is 0 Å². The summed E-state index contributed by atoms with van der Waals surface area (Å²) < 4.78 is 5.64. The first kappa shape index (κ1) is 37.0. The molecule has 1 heteroatoms. The van der Waals surface area contributed by atoms with Crippen molar-refractivity contribution >= 4 is 0 Å². The van der Waals surface area contributed by atoms with E-state index in [-0.39, 0.29) is 0 Å². The van der Waals surface area contributed by atoms with E-state index in [0.29, 0.717) is 0 Å². The summed E-state index contributed by atoms with van der Waals surface area (Å²) in [6.45, 7) is 6.49. The van der Waals surface area contributed by atoms with Crippen molar-refractivity contribution in [3.63, 3.8) is 0 Å². The Balaban J connectivity index is 3.00. The molecule has 0 heterocycles. The lowest BCUT2D eigenvalue weighted by Gasteiger charge is -2.05. The highest BCUT2D eigenvalue weighted by Crippen LogP contribution is 2.16. The maximum Gasteiger partial charge on any atom is 0.0466 e. The van der Waals surface area contributed by atoms with Crippen LogP contribution < -0.4 is 0 Å². The van der Waals surface area contributed by atoms with E-state index >= 15 is 0 Å². The highest BCUT2D eigenvalue weighted by molar-refractivity contribution is 4.52. The molecule has 0 bridgehead atoms. The Labute approximate surface area is 237 Å². The van der Waals surface area contributed by atoms with Crippen molar-refractivity contribution < 1.29 is 4.74 Å². The molecule has 0 radical (unpaired) electrons. The first-order valence-corrected chi connectivity index (χ1v) is 18.0. The van der Waals surface area contributed by atoms with Crippen LogP contribution in [-0.4, -0.2) is 13.2 Å². The standard InChI is InChI=1S/C36H74O/c1-3-5-7-8-9-10-11-12-13-14-15-16-17-18-19-20-21-22-23-24-25-26-27-28-29-30-31-32-33-34-36-37-35-6-4-2/h3-36H2,1-2H3. The van der Waals surface area contributed by atoms with Crippen molar-refractivity contribution in [2.75, 3.05) is 13.2 Å². The minimum Gasteiger partial charge on any atom is -0.381 e. The Morgan fingerprint density at radius 3 is 0.649 bits per heavy atom. The second-order valence-electron chi connectivity index (χ2n) is 12.2. The number of hydrogen-bond acceptors (Lipinski definition) is 1. The van der Waals surface area contributed by atoms with Gasteiger partial charge < -0.3 is 4.74 Å². The van der Waals surface area contributed by atoms with Gasteiger partial charge in [0.15, 0.2) is 0 Å². The second kappa shape index (κ2) is 36.0. The first-order chi connectivity index (χ1) is 18.4. The van der Waals surface area contributed by atoms with Crippen molar-refractivity contribution in [2.45, 2.75) is 219 Å². The van der Waals surface area contributed by atoms with Crippen LogP contribution in [-0.2, 0) is 4.74 Å². The summed E-state index contributed by atoms with van der Waals surface area (Å²) in [6.07, 6.45) is 46.4. The van der Waals surface area contributed by atoms with Crippen LogP contribution in [0, 0.1) is 0 Å². The molecule has 0 saturated carbocycles. The lowest BCUT2D eigenvalue weighted by molar-refractivity contribution is 0.127. The first-order valence-electron chi connectivity index (χ1n) is 18.0.